The largest absolute Gasteiger partial charge is 0.479 e. The topological polar surface area (TPSA) is 199 Å². The van der Waals surface area contributed by atoms with Gasteiger partial charge < -0.3 is 39.4 Å². The molecule has 1 unspecified atom stereocenters. The number of hydrogen-bond donors (Lipinski definition) is 4. The van der Waals surface area contributed by atoms with Crippen LogP contribution in [0.1, 0.15) is 77.7 Å². The van der Waals surface area contributed by atoms with Crippen LogP contribution in [-0.2, 0) is 44.5 Å². The van der Waals surface area contributed by atoms with Gasteiger partial charge in [0.15, 0.2) is 6.10 Å². The number of carboxylic acid groups (broad SMARTS) is 2. The van der Waals surface area contributed by atoms with Crippen LogP contribution in [0.2, 0.25) is 0 Å². The summed E-state index contributed by atoms with van der Waals surface area (Å²) in [4.78, 5) is 55.7. The van der Waals surface area contributed by atoms with Crippen molar-refractivity contribution in [1.82, 2.24) is 4.98 Å². The molecule has 2 saturated heterocycles. The van der Waals surface area contributed by atoms with Crippen LogP contribution >= 0.6 is 11.3 Å². The van der Waals surface area contributed by atoms with Crippen molar-refractivity contribution in [3.8, 4) is 0 Å². The molecule has 13 nitrogen and oxygen atoms in total. The number of allylic oxidation sites excluding steroid dienone is 1. The number of rotatable bonds is 17. The summed E-state index contributed by atoms with van der Waals surface area (Å²) in [7, 11) is 0. The molecule has 0 saturated carbocycles. The number of hydrogen-bond acceptors (Lipinski definition) is 12. The maximum absolute atomic E-state index is 13.3. The van der Waals surface area contributed by atoms with E-state index in [0.717, 1.165) is 35.8 Å². The quantitative estimate of drug-likeness (QED) is 0.1000. The third-order valence-corrected chi connectivity index (χ3v) is 10.4. The monoisotopic (exact) mass is 729 g/mol. The number of nitrogens with zero attached hydrogens (tertiary/aromatic N) is 1. The number of esters is 2. The third-order valence-electron chi connectivity index (χ3n) is 9.78. The lowest BCUT2D eigenvalue weighted by molar-refractivity contribution is -0.383. The van der Waals surface area contributed by atoms with Crippen molar-refractivity contribution in [1.29, 1.82) is 0 Å². The van der Waals surface area contributed by atoms with Gasteiger partial charge in [0.1, 0.15) is 18.3 Å². The second-order valence-electron chi connectivity index (χ2n) is 13.7. The highest BCUT2D eigenvalue weighted by Gasteiger charge is 2.85. The van der Waals surface area contributed by atoms with Gasteiger partial charge in [-0.15, -0.1) is 11.3 Å². The van der Waals surface area contributed by atoms with Gasteiger partial charge >= 0.3 is 23.9 Å². The van der Waals surface area contributed by atoms with E-state index >= 15 is 0 Å². The van der Waals surface area contributed by atoms with Crippen LogP contribution in [0, 0.1) is 17.8 Å². The maximum Gasteiger partial charge on any atom is 0.344 e. The van der Waals surface area contributed by atoms with Gasteiger partial charge in [-0.1, -0.05) is 77.1 Å². The number of aliphatic carboxylic acids is 2. The Hall–Kier alpha value is -3.95. The minimum absolute atomic E-state index is 0.0648. The molecule has 0 aliphatic carbocycles. The Labute approximate surface area is 300 Å². The van der Waals surface area contributed by atoms with Gasteiger partial charge in [-0.25, -0.2) is 19.4 Å². The Bertz CT molecular complexity index is 1600. The van der Waals surface area contributed by atoms with E-state index < -0.39 is 65.3 Å². The fourth-order valence-electron chi connectivity index (χ4n) is 6.98. The lowest BCUT2D eigenvalue weighted by Gasteiger charge is -2.49. The number of benzene rings is 1. The average Bonchev–Trinajstić information content (AvgIpc) is 3.69. The first-order valence-electron chi connectivity index (χ1n) is 16.9. The van der Waals surface area contributed by atoms with Crippen molar-refractivity contribution in [3.63, 3.8) is 0 Å². The van der Waals surface area contributed by atoms with Crippen LogP contribution in [0.25, 0.3) is 0 Å². The Morgan fingerprint density at radius 2 is 1.80 bits per heavy atom. The first-order valence-corrected chi connectivity index (χ1v) is 17.9. The van der Waals surface area contributed by atoms with E-state index in [9.17, 15) is 39.6 Å². The van der Waals surface area contributed by atoms with Gasteiger partial charge in [0.05, 0.1) is 11.2 Å². The smallest absolute Gasteiger partial charge is 0.344 e. The number of ether oxygens (including phenoxy) is 4. The predicted octanol–water partition coefficient (Wildman–Crippen LogP) is 4.63. The molecule has 278 valence electrons. The molecule has 51 heavy (non-hydrogen) atoms. The number of aromatic nitrogens is 1. The Morgan fingerprint density at radius 3 is 2.37 bits per heavy atom. The highest BCUT2D eigenvalue weighted by molar-refractivity contribution is 7.07. The zero-order valence-electron chi connectivity index (χ0n) is 29.4. The number of carbonyl (C=O) groups excluding carboxylic acids is 2. The zero-order chi connectivity index (χ0) is 37.7. The average molecular weight is 730 g/mol. The SMILES string of the molecule is C=C(CC[C@]12OC(c3cscn3)[C@@](O)(C(=O)O)[C@](C(=O)O)(O1)[C@H](OC(=O)/C=C/[C@@H](C)C[C@@H](C)CC)[C@H]2O)[C@@H](OC(C)=O)[C@H](C)Cc1ccccc1. The van der Waals surface area contributed by atoms with Crippen LogP contribution in [0.3, 0.4) is 0 Å². The number of aliphatic hydroxyl groups excluding tert-OH is 1. The second-order valence-corrected chi connectivity index (χ2v) is 14.4. The highest BCUT2D eigenvalue weighted by atomic mass is 32.1. The minimum atomic E-state index is -3.45. The molecule has 2 aromatic rings. The van der Waals surface area contributed by atoms with Crippen LogP contribution in [0.5, 0.6) is 0 Å². The lowest BCUT2D eigenvalue weighted by atomic mass is 9.74. The number of thiazole rings is 1. The molecule has 2 bridgehead atoms. The maximum atomic E-state index is 13.3. The summed E-state index contributed by atoms with van der Waals surface area (Å²) in [5.74, 6) is -8.08. The molecule has 1 aromatic carbocycles. The summed E-state index contributed by atoms with van der Waals surface area (Å²) in [6.07, 6.45) is -2.85. The highest BCUT2D eigenvalue weighted by Crippen LogP contribution is 2.59. The van der Waals surface area contributed by atoms with Gasteiger partial charge in [0.25, 0.3) is 0 Å². The third kappa shape index (κ3) is 7.95. The van der Waals surface area contributed by atoms with E-state index in [0.29, 0.717) is 17.9 Å². The molecule has 2 aliphatic rings. The zero-order valence-corrected chi connectivity index (χ0v) is 30.2. The molecule has 0 amide bonds. The van der Waals surface area contributed by atoms with Crippen LogP contribution in [0.15, 0.2) is 65.5 Å². The first-order chi connectivity index (χ1) is 24.0. The van der Waals surface area contributed by atoms with E-state index in [1.54, 1.807) is 6.08 Å². The molecular weight excluding hydrogens is 682 g/mol. The number of carbonyl (C=O) groups is 4. The van der Waals surface area contributed by atoms with Crippen LogP contribution in [-0.4, -0.2) is 84.6 Å². The standard InChI is InChI=1S/C37H47NO12S/c1-7-21(2)17-22(3)13-14-28(40)48-32-30(41)35(16-15-23(4)29(47-25(6)39)24(5)18-26-11-9-8-10-12-26)49-31(27-19-51-20-38-27)36(46,33(42)43)37(32,50-35)34(44)45/h8-14,19-22,24,29-32,41,46H,4,7,15-18H2,1-3,5-6H3,(H,42,43)(H,44,45)/b14-13+/t21-,22+,24+,29+,30+,31?,32+,35-,36+,37-/m0/s1. The normalized spacial score (nSPS) is 29.5. The fraction of sp³-hybridized carbons (Fsp3) is 0.541. The van der Waals surface area contributed by atoms with Crippen LogP contribution < -0.4 is 0 Å². The summed E-state index contributed by atoms with van der Waals surface area (Å²) in [6, 6.07) is 9.50. The number of aliphatic hydroxyl groups is 2. The molecule has 0 spiro atoms. The molecule has 4 N–H and O–H groups in total. The van der Waals surface area contributed by atoms with Gasteiger partial charge in [0, 0.05) is 30.7 Å². The molecule has 4 rings (SSSR count). The molecular formula is C37H47NO12S. The van der Waals surface area contributed by atoms with E-state index in [-0.39, 0.29) is 30.4 Å². The summed E-state index contributed by atoms with van der Waals surface area (Å²) in [5.41, 5.74) is -4.18. The summed E-state index contributed by atoms with van der Waals surface area (Å²) >= 11 is 1.03. The Balaban J connectivity index is 1.73. The molecule has 2 aliphatic heterocycles. The fourth-order valence-corrected chi connectivity index (χ4v) is 7.55. The molecule has 2 fully saturated rings. The molecule has 1 aromatic heterocycles. The Kier molecular flexibility index (Phi) is 12.6. The summed E-state index contributed by atoms with van der Waals surface area (Å²) < 4.78 is 23.3. The lowest BCUT2D eigenvalue weighted by Crippen LogP contribution is -2.74. The van der Waals surface area contributed by atoms with Crippen molar-refractivity contribution < 1.29 is 58.6 Å². The molecule has 10 atom stereocenters. The van der Waals surface area contributed by atoms with Crippen molar-refractivity contribution in [2.24, 2.45) is 17.8 Å². The summed E-state index contributed by atoms with van der Waals surface area (Å²) in [6.45, 7) is 13.2. The van der Waals surface area contributed by atoms with Crippen molar-refractivity contribution in [2.45, 2.75) is 108 Å². The number of fused-ring (bicyclic) bond motifs is 2. The molecule has 14 heteroatoms. The number of carboxylic acids is 2. The van der Waals surface area contributed by atoms with Gasteiger partial charge in [-0.2, -0.15) is 0 Å². The van der Waals surface area contributed by atoms with E-state index in [1.807, 2.05) is 51.1 Å². The van der Waals surface area contributed by atoms with E-state index in [4.69, 9.17) is 18.9 Å². The summed E-state index contributed by atoms with van der Waals surface area (Å²) in [5, 5.41) is 46.4. The van der Waals surface area contributed by atoms with Gasteiger partial charge in [0.2, 0.25) is 17.0 Å². The Morgan fingerprint density at radius 1 is 1.12 bits per heavy atom. The van der Waals surface area contributed by atoms with Crippen molar-refractivity contribution in [3.05, 3.63) is 76.8 Å². The molecule has 3 heterocycles. The second kappa shape index (κ2) is 16.2. The van der Waals surface area contributed by atoms with Crippen molar-refractivity contribution >= 4 is 35.2 Å². The first kappa shape index (κ1) is 39.8. The van der Waals surface area contributed by atoms with E-state index in [1.165, 1.54) is 17.8 Å². The van der Waals surface area contributed by atoms with Crippen LogP contribution in [0.4, 0.5) is 0 Å². The van der Waals surface area contributed by atoms with Crippen molar-refractivity contribution in [2.75, 3.05) is 0 Å². The minimum Gasteiger partial charge on any atom is -0.479 e. The van der Waals surface area contributed by atoms with Gasteiger partial charge in [-0.05, 0) is 42.2 Å². The predicted molar refractivity (Wildman–Crippen MR) is 184 cm³/mol. The molecule has 0 radical (unpaired) electrons. The van der Waals surface area contributed by atoms with E-state index in [2.05, 4.69) is 18.5 Å². The van der Waals surface area contributed by atoms with Gasteiger partial charge in [-0.3, -0.25) is 4.79 Å².